The predicted octanol–water partition coefficient (Wildman–Crippen LogP) is 3.30. The minimum Gasteiger partial charge on any atom is -0.490 e. The predicted molar refractivity (Wildman–Crippen MR) is 118 cm³/mol. The number of likely N-dealkylation sites (tertiary alicyclic amines) is 1. The number of nitrogens with zero attached hydrogens (tertiary/aromatic N) is 2. The van der Waals surface area contributed by atoms with E-state index >= 15 is 0 Å². The van der Waals surface area contributed by atoms with Crippen molar-refractivity contribution >= 4 is 6.21 Å². The van der Waals surface area contributed by atoms with Crippen molar-refractivity contribution in [1.82, 2.24) is 4.90 Å². The lowest BCUT2D eigenvalue weighted by Crippen LogP contribution is -2.48. The first kappa shape index (κ1) is 21.7. The van der Waals surface area contributed by atoms with E-state index in [0.717, 1.165) is 49.7 Å². The van der Waals surface area contributed by atoms with Crippen LogP contribution < -0.4 is 20.9 Å². The van der Waals surface area contributed by atoms with E-state index in [9.17, 15) is 0 Å². The molecule has 29 heavy (non-hydrogen) atoms. The Bertz CT molecular complexity index is 753. The van der Waals surface area contributed by atoms with Crippen molar-refractivity contribution in [1.29, 1.82) is 0 Å². The Morgan fingerprint density at radius 1 is 1.24 bits per heavy atom. The molecule has 3 rings (SSSR count). The molecule has 1 aromatic rings. The number of piperidine rings is 1. The van der Waals surface area contributed by atoms with Crippen LogP contribution in [0.15, 0.2) is 35.0 Å². The number of rotatable bonds is 7. The highest BCUT2D eigenvalue weighted by Gasteiger charge is 2.40. The van der Waals surface area contributed by atoms with Crippen LogP contribution in [0, 0.1) is 11.3 Å². The summed E-state index contributed by atoms with van der Waals surface area (Å²) in [5.74, 6) is 2.13. The van der Waals surface area contributed by atoms with Gasteiger partial charge in [-0.05, 0) is 70.3 Å². The van der Waals surface area contributed by atoms with Gasteiger partial charge in [0.2, 0.25) is 0 Å². The second-order valence-electron chi connectivity index (χ2n) is 8.66. The monoisotopic (exact) mass is 400 g/mol. The summed E-state index contributed by atoms with van der Waals surface area (Å²) in [6.07, 6.45) is 5.90. The van der Waals surface area contributed by atoms with Gasteiger partial charge in [0.15, 0.2) is 11.5 Å². The smallest absolute Gasteiger partial charge is 0.161 e. The summed E-state index contributed by atoms with van der Waals surface area (Å²) in [5.41, 5.74) is 14.1. The van der Waals surface area contributed by atoms with Crippen LogP contribution in [0.4, 0.5) is 0 Å². The molecule has 2 heterocycles. The second-order valence-corrected chi connectivity index (χ2v) is 8.66. The Kier molecular flexibility index (Phi) is 6.85. The molecule has 0 aromatic heterocycles. The van der Waals surface area contributed by atoms with Gasteiger partial charge in [0.05, 0.1) is 12.7 Å². The largest absolute Gasteiger partial charge is 0.490 e. The van der Waals surface area contributed by atoms with Crippen molar-refractivity contribution in [2.24, 2.45) is 27.8 Å². The average molecular weight is 401 g/mol. The lowest BCUT2D eigenvalue weighted by Gasteiger charge is -2.44. The van der Waals surface area contributed by atoms with Crippen molar-refractivity contribution in [2.75, 3.05) is 19.7 Å². The number of hydrogen-bond donors (Lipinski definition) is 2. The molecule has 160 valence electrons. The highest BCUT2D eigenvalue weighted by molar-refractivity contribution is 5.78. The van der Waals surface area contributed by atoms with Crippen LogP contribution in [0.1, 0.15) is 46.1 Å². The third-order valence-electron chi connectivity index (χ3n) is 6.04. The van der Waals surface area contributed by atoms with Gasteiger partial charge >= 0.3 is 0 Å². The number of hydrogen-bond acceptors (Lipinski definition) is 6. The topological polar surface area (TPSA) is 86.1 Å². The molecule has 0 bridgehead atoms. The highest BCUT2D eigenvalue weighted by Crippen LogP contribution is 2.41. The first-order valence-corrected chi connectivity index (χ1v) is 10.7. The molecule has 1 aromatic carbocycles. The van der Waals surface area contributed by atoms with E-state index in [4.69, 9.17) is 20.9 Å². The minimum absolute atomic E-state index is 0.124. The van der Waals surface area contributed by atoms with Crippen molar-refractivity contribution in [2.45, 2.75) is 59.4 Å². The second kappa shape index (κ2) is 9.18. The van der Waals surface area contributed by atoms with Crippen LogP contribution in [0.3, 0.4) is 0 Å². The number of ether oxygens (including phenoxy) is 2. The Balaban J connectivity index is 1.62. The summed E-state index contributed by atoms with van der Waals surface area (Å²) in [5, 5.41) is 0. The quantitative estimate of drug-likeness (QED) is 0.733. The molecule has 0 saturated carbocycles. The van der Waals surface area contributed by atoms with E-state index in [2.05, 4.69) is 35.0 Å². The fraction of sp³-hybridized carbons (Fsp3) is 0.609. The zero-order chi connectivity index (χ0) is 21.0. The Morgan fingerprint density at radius 2 is 1.97 bits per heavy atom. The molecule has 1 saturated heterocycles. The molecule has 0 spiro atoms. The Hall–Kier alpha value is -2.05. The van der Waals surface area contributed by atoms with Crippen LogP contribution in [0.2, 0.25) is 0 Å². The Morgan fingerprint density at radius 3 is 2.62 bits per heavy atom. The van der Waals surface area contributed by atoms with Crippen LogP contribution in [-0.4, -0.2) is 43.1 Å². The average Bonchev–Trinajstić information content (AvgIpc) is 2.67. The molecule has 0 amide bonds. The van der Waals surface area contributed by atoms with Gasteiger partial charge in [-0.2, -0.15) is 0 Å². The van der Waals surface area contributed by atoms with Crippen LogP contribution in [0.25, 0.3) is 0 Å². The van der Waals surface area contributed by atoms with E-state index in [-0.39, 0.29) is 17.7 Å². The maximum atomic E-state index is 6.32. The molecular weight excluding hydrogens is 364 g/mol. The van der Waals surface area contributed by atoms with E-state index < -0.39 is 0 Å². The Labute approximate surface area is 174 Å². The van der Waals surface area contributed by atoms with Gasteiger partial charge in [0.1, 0.15) is 6.17 Å². The van der Waals surface area contributed by atoms with E-state index in [1.54, 1.807) is 6.21 Å². The lowest BCUT2D eigenvalue weighted by molar-refractivity contribution is 0.0973. The van der Waals surface area contributed by atoms with Crippen LogP contribution in [0.5, 0.6) is 11.5 Å². The lowest BCUT2D eigenvalue weighted by atomic mass is 9.69. The molecule has 1 fully saturated rings. The molecule has 4 N–H and O–H groups in total. The first-order valence-electron chi connectivity index (χ1n) is 10.7. The maximum Gasteiger partial charge on any atom is 0.161 e. The molecule has 2 atom stereocenters. The molecule has 2 unspecified atom stereocenters. The fourth-order valence-electron chi connectivity index (χ4n) is 4.41. The summed E-state index contributed by atoms with van der Waals surface area (Å²) in [4.78, 5) is 6.90. The van der Waals surface area contributed by atoms with Gasteiger partial charge < -0.3 is 20.9 Å². The summed E-state index contributed by atoms with van der Waals surface area (Å²) >= 11 is 0. The van der Waals surface area contributed by atoms with E-state index in [1.807, 2.05) is 26.8 Å². The number of benzene rings is 1. The van der Waals surface area contributed by atoms with Gasteiger partial charge in [-0.3, -0.25) is 9.89 Å². The number of aliphatic imine (C=N–C) groups is 1. The molecule has 2 aliphatic heterocycles. The van der Waals surface area contributed by atoms with Crippen molar-refractivity contribution < 1.29 is 9.47 Å². The normalized spacial score (nSPS) is 25.9. The van der Waals surface area contributed by atoms with E-state index in [0.29, 0.717) is 12.5 Å². The number of allylic oxidation sites excluding steroid dienone is 1. The highest BCUT2D eigenvalue weighted by atomic mass is 16.5. The molecule has 0 aliphatic carbocycles. The summed E-state index contributed by atoms with van der Waals surface area (Å²) in [6, 6.07) is 6.29. The van der Waals surface area contributed by atoms with Gasteiger partial charge in [0.25, 0.3) is 0 Å². The molecule has 6 nitrogen and oxygen atoms in total. The first-order chi connectivity index (χ1) is 13.8. The SMILES string of the molecule is CCOc1cc(CN2CCC(C3(C)C=C(N)C=NC3N)CC2)ccc1OC(C)C. The zero-order valence-corrected chi connectivity index (χ0v) is 18.2. The summed E-state index contributed by atoms with van der Waals surface area (Å²) in [6.45, 7) is 11.9. The summed E-state index contributed by atoms with van der Waals surface area (Å²) in [7, 11) is 0. The van der Waals surface area contributed by atoms with Gasteiger partial charge in [-0.1, -0.05) is 19.1 Å². The number of dihydropyridines is 1. The van der Waals surface area contributed by atoms with Gasteiger partial charge in [-0.25, -0.2) is 0 Å². The third kappa shape index (κ3) is 5.11. The van der Waals surface area contributed by atoms with Gasteiger partial charge in [0, 0.05) is 23.9 Å². The molecule has 6 heteroatoms. The fourth-order valence-corrected chi connectivity index (χ4v) is 4.41. The maximum absolute atomic E-state index is 6.32. The van der Waals surface area contributed by atoms with Gasteiger partial charge in [-0.15, -0.1) is 0 Å². The van der Waals surface area contributed by atoms with Crippen LogP contribution >= 0.6 is 0 Å². The standard InChI is InChI=1S/C23H36N4O2/c1-5-28-21-12-17(6-7-20(21)29-16(2)3)15-27-10-8-18(9-11-27)23(4)13-19(24)14-26-22(23)25/h6-7,12-14,16,18,22H,5,8-11,15,24-25H2,1-4H3. The number of nitrogens with two attached hydrogens (primary N) is 2. The van der Waals surface area contributed by atoms with E-state index in [1.165, 1.54) is 5.56 Å². The molecule has 2 aliphatic rings. The molecular formula is C23H36N4O2. The third-order valence-corrected chi connectivity index (χ3v) is 6.04. The van der Waals surface area contributed by atoms with Crippen LogP contribution in [-0.2, 0) is 6.54 Å². The summed E-state index contributed by atoms with van der Waals surface area (Å²) < 4.78 is 11.7. The van der Waals surface area contributed by atoms with Crippen molar-refractivity contribution in [3.05, 3.63) is 35.5 Å². The van der Waals surface area contributed by atoms with Crippen molar-refractivity contribution in [3.63, 3.8) is 0 Å². The minimum atomic E-state index is -0.214. The zero-order valence-electron chi connectivity index (χ0n) is 18.2. The van der Waals surface area contributed by atoms with Crippen molar-refractivity contribution in [3.8, 4) is 11.5 Å². The molecule has 0 radical (unpaired) electrons.